The molecule has 0 saturated heterocycles. The van der Waals surface area contributed by atoms with Crippen molar-refractivity contribution in [2.45, 2.75) is 19.3 Å². The molecule has 0 saturated carbocycles. The van der Waals surface area contributed by atoms with Gasteiger partial charge in [0, 0.05) is 32.4 Å². The zero-order chi connectivity index (χ0) is 12.3. The highest BCUT2D eigenvalue weighted by molar-refractivity contribution is 5.81. The Morgan fingerprint density at radius 1 is 1.53 bits per heavy atom. The second-order valence-electron chi connectivity index (χ2n) is 4.21. The van der Waals surface area contributed by atoms with E-state index in [1.54, 1.807) is 12.0 Å². The van der Waals surface area contributed by atoms with Gasteiger partial charge in [-0.15, -0.1) is 0 Å². The smallest absolute Gasteiger partial charge is 0.264 e. The molecule has 0 aromatic carbocycles. The van der Waals surface area contributed by atoms with Crippen LogP contribution >= 0.6 is 0 Å². The minimum Gasteiger partial charge on any atom is -0.486 e. The van der Waals surface area contributed by atoms with Gasteiger partial charge in [-0.1, -0.05) is 0 Å². The molecule has 94 valence electrons. The molecule has 1 amide bonds. The van der Waals surface area contributed by atoms with E-state index in [0.717, 1.165) is 36.4 Å². The van der Waals surface area contributed by atoms with Crippen molar-refractivity contribution < 1.29 is 14.3 Å². The van der Waals surface area contributed by atoms with Crippen LogP contribution in [-0.4, -0.2) is 37.7 Å². The third-order valence-corrected chi connectivity index (χ3v) is 2.94. The standard InChI is InChI=1S/C12H18N2O3/c1-16-6-2-5-14-10-7-9(13)3-4-11(10)17-8-12(14)15/h7H,2-6,8,13H2,1H3. The number of rotatable bonds is 4. The van der Waals surface area contributed by atoms with E-state index in [1.807, 2.05) is 6.08 Å². The fraction of sp³-hybridized carbons (Fsp3) is 0.583. The predicted molar refractivity (Wildman–Crippen MR) is 62.7 cm³/mol. The first-order valence-electron chi connectivity index (χ1n) is 5.83. The lowest BCUT2D eigenvalue weighted by molar-refractivity contribution is -0.135. The van der Waals surface area contributed by atoms with Crippen molar-refractivity contribution in [3.05, 3.63) is 23.2 Å². The summed E-state index contributed by atoms with van der Waals surface area (Å²) in [5, 5.41) is 0. The van der Waals surface area contributed by atoms with Crippen LogP contribution < -0.4 is 5.73 Å². The van der Waals surface area contributed by atoms with Crippen LogP contribution in [0.1, 0.15) is 19.3 Å². The lowest BCUT2D eigenvalue weighted by Crippen LogP contribution is -2.39. The van der Waals surface area contributed by atoms with Crippen LogP contribution in [0.3, 0.4) is 0 Å². The van der Waals surface area contributed by atoms with Gasteiger partial charge in [0.15, 0.2) is 6.61 Å². The summed E-state index contributed by atoms with van der Waals surface area (Å²) >= 11 is 0. The number of allylic oxidation sites excluding steroid dienone is 3. The van der Waals surface area contributed by atoms with Gasteiger partial charge in [0.05, 0.1) is 5.70 Å². The average molecular weight is 238 g/mol. The molecule has 5 heteroatoms. The number of hydrogen-bond donors (Lipinski definition) is 1. The number of hydrogen-bond acceptors (Lipinski definition) is 4. The molecule has 1 heterocycles. The van der Waals surface area contributed by atoms with Crippen LogP contribution in [0.25, 0.3) is 0 Å². The maximum Gasteiger partial charge on any atom is 0.264 e. The third kappa shape index (κ3) is 2.61. The van der Waals surface area contributed by atoms with Gasteiger partial charge in [0.1, 0.15) is 5.76 Å². The molecule has 0 spiro atoms. The molecule has 0 aromatic rings. The Bertz CT molecular complexity index is 374. The largest absolute Gasteiger partial charge is 0.486 e. The monoisotopic (exact) mass is 238 g/mol. The molecule has 0 aromatic heterocycles. The first-order chi connectivity index (χ1) is 8.22. The van der Waals surface area contributed by atoms with E-state index in [0.29, 0.717) is 13.2 Å². The summed E-state index contributed by atoms with van der Waals surface area (Å²) in [7, 11) is 1.66. The second-order valence-corrected chi connectivity index (χ2v) is 4.21. The zero-order valence-corrected chi connectivity index (χ0v) is 10.1. The highest BCUT2D eigenvalue weighted by atomic mass is 16.5. The molecular formula is C12H18N2O3. The lowest BCUT2D eigenvalue weighted by Gasteiger charge is -2.32. The van der Waals surface area contributed by atoms with E-state index in [-0.39, 0.29) is 12.5 Å². The molecule has 0 atom stereocenters. The van der Waals surface area contributed by atoms with Gasteiger partial charge in [-0.25, -0.2) is 0 Å². The van der Waals surface area contributed by atoms with Crippen LogP contribution in [0.5, 0.6) is 0 Å². The fourth-order valence-corrected chi connectivity index (χ4v) is 2.06. The number of carbonyl (C=O) groups is 1. The van der Waals surface area contributed by atoms with Crippen LogP contribution in [0, 0.1) is 0 Å². The SMILES string of the molecule is COCCCN1C(=O)COC2=C1C=C(N)CC2. The van der Waals surface area contributed by atoms with E-state index in [2.05, 4.69) is 0 Å². The van der Waals surface area contributed by atoms with Crippen molar-refractivity contribution in [3.63, 3.8) is 0 Å². The Morgan fingerprint density at radius 2 is 2.35 bits per heavy atom. The van der Waals surface area contributed by atoms with Gasteiger partial charge in [0.2, 0.25) is 0 Å². The summed E-state index contributed by atoms with van der Waals surface area (Å²) in [4.78, 5) is 13.6. The summed E-state index contributed by atoms with van der Waals surface area (Å²) in [6, 6.07) is 0. The van der Waals surface area contributed by atoms with Gasteiger partial charge >= 0.3 is 0 Å². The normalized spacial score (nSPS) is 19.9. The van der Waals surface area contributed by atoms with E-state index in [9.17, 15) is 4.79 Å². The van der Waals surface area contributed by atoms with Crippen molar-refractivity contribution in [3.8, 4) is 0 Å². The average Bonchev–Trinajstić information content (AvgIpc) is 2.32. The van der Waals surface area contributed by atoms with Crippen LogP contribution in [0.15, 0.2) is 23.2 Å². The molecule has 17 heavy (non-hydrogen) atoms. The van der Waals surface area contributed by atoms with Crippen molar-refractivity contribution in [2.24, 2.45) is 5.73 Å². The van der Waals surface area contributed by atoms with Crippen molar-refractivity contribution in [1.29, 1.82) is 0 Å². The number of ether oxygens (including phenoxy) is 2. The maximum atomic E-state index is 11.8. The first kappa shape index (κ1) is 12.0. The van der Waals surface area contributed by atoms with Gasteiger partial charge in [0.25, 0.3) is 5.91 Å². The number of nitrogens with zero attached hydrogens (tertiary/aromatic N) is 1. The highest BCUT2D eigenvalue weighted by Crippen LogP contribution is 2.28. The molecule has 0 radical (unpaired) electrons. The third-order valence-electron chi connectivity index (χ3n) is 2.94. The summed E-state index contributed by atoms with van der Waals surface area (Å²) in [5.41, 5.74) is 7.45. The van der Waals surface area contributed by atoms with Gasteiger partial charge < -0.3 is 20.1 Å². The summed E-state index contributed by atoms with van der Waals surface area (Å²) < 4.78 is 10.4. The summed E-state index contributed by atoms with van der Waals surface area (Å²) in [5.74, 6) is 0.877. The first-order valence-corrected chi connectivity index (χ1v) is 5.83. The Kier molecular flexibility index (Phi) is 3.68. The van der Waals surface area contributed by atoms with Gasteiger partial charge in [-0.2, -0.15) is 0 Å². The lowest BCUT2D eigenvalue weighted by atomic mass is 10.0. The molecule has 1 aliphatic heterocycles. The number of amides is 1. The number of nitrogens with two attached hydrogens (primary N) is 1. The van der Waals surface area contributed by atoms with E-state index >= 15 is 0 Å². The Labute approximate surface area is 101 Å². The van der Waals surface area contributed by atoms with Crippen LogP contribution in [-0.2, 0) is 14.3 Å². The molecule has 5 nitrogen and oxygen atoms in total. The minimum atomic E-state index is -0.00852. The van der Waals surface area contributed by atoms with Crippen molar-refractivity contribution in [2.75, 3.05) is 26.9 Å². The number of carbonyl (C=O) groups excluding carboxylic acids is 1. The maximum absolute atomic E-state index is 11.8. The Hall–Kier alpha value is -1.49. The quantitative estimate of drug-likeness (QED) is 0.733. The second kappa shape index (κ2) is 5.23. The molecular weight excluding hydrogens is 220 g/mol. The highest BCUT2D eigenvalue weighted by Gasteiger charge is 2.28. The Balaban J connectivity index is 2.13. The van der Waals surface area contributed by atoms with E-state index in [1.165, 1.54) is 0 Å². The van der Waals surface area contributed by atoms with Gasteiger partial charge in [-0.05, 0) is 18.9 Å². The Morgan fingerprint density at radius 3 is 3.12 bits per heavy atom. The number of methoxy groups -OCH3 is 1. The van der Waals surface area contributed by atoms with Crippen molar-refractivity contribution in [1.82, 2.24) is 4.90 Å². The molecule has 2 N–H and O–H groups in total. The molecule has 0 unspecified atom stereocenters. The molecule has 0 fully saturated rings. The predicted octanol–water partition coefficient (Wildman–Crippen LogP) is 0.730. The van der Waals surface area contributed by atoms with E-state index < -0.39 is 0 Å². The summed E-state index contributed by atoms with van der Waals surface area (Å²) in [6.45, 7) is 1.44. The van der Waals surface area contributed by atoms with Crippen LogP contribution in [0.4, 0.5) is 0 Å². The topological polar surface area (TPSA) is 64.8 Å². The molecule has 0 bridgehead atoms. The fourth-order valence-electron chi connectivity index (χ4n) is 2.06. The van der Waals surface area contributed by atoms with Crippen molar-refractivity contribution >= 4 is 5.91 Å². The zero-order valence-electron chi connectivity index (χ0n) is 10.1. The molecule has 2 rings (SSSR count). The van der Waals surface area contributed by atoms with Crippen LogP contribution in [0.2, 0.25) is 0 Å². The molecule has 2 aliphatic rings. The molecule has 1 aliphatic carbocycles. The minimum absolute atomic E-state index is 0.00852. The summed E-state index contributed by atoms with van der Waals surface area (Å²) in [6.07, 6.45) is 4.25. The van der Waals surface area contributed by atoms with E-state index in [4.69, 9.17) is 15.2 Å². The van der Waals surface area contributed by atoms with Gasteiger partial charge in [-0.3, -0.25) is 4.79 Å².